The molecule has 2 aromatic heterocycles. The minimum absolute atomic E-state index is 0.0227. The van der Waals surface area contributed by atoms with Gasteiger partial charge in [0.25, 0.3) is 0 Å². The molecule has 0 bridgehead atoms. The van der Waals surface area contributed by atoms with E-state index in [1.165, 1.54) is 11.3 Å². The second-order valence-electron chi connectivity index (χ2n) is 6.31. The van der Waals surface area contributed by atoms with Crippen molar-refractivity contribution in [3.8, 4) is 27.9 Å². The molecule has 7 nitrogen and oxygen atoms in total. The van der Waals surface area contributed by atoms with Gasteiger partial charge in [0.2, 0.25) is 5.13 Å². The summed E-state index contributed by atoms with van der Waals surface area (Å²) in [6, 6.07) is 3.77. The number of hydrogen-bond acceptors (Lipinski definition) is 6. The van der Waals surface area contributed by atoms with Gasteiger partial charge in [0, 0.05) is 28.8 Å². The molecule has 0 amide bonds. The number of ether oxygens (including phenoxy) is 2. The first-order valence-electron chi connectivity index (χ1n) is 8.24. The van der Waals surface area contributed by atoms with Gasteiger partial charge in [0.1, 0.15) is 18.1 Å². The smallest absolute Gasteiger partial charge is 0.356 e. The molecule has 0 fully saturated rings. The van der Waals surface area contributed by atoms with Gasteiger partial charge in [-0.25, -0.2) is 14.5 Å². The van der Waals surface area contributed by atoms with E-state index in [9.17, 15) is 9.90 Å². The second-order valence-corrected chi connectivity index (χ2v) is 7.18. The number of carbonyl (C=O) groups is 1. The van der Waals surface area contributed by atoms with Crippen LogP contribution in [-0.4, -0.2) is 33.0 Å². The Morgan fingerprint density at radius 1 is 1.41 bits per heavy atom. The van der Waals surface area contributed by atoms with E-state index in [1.54, 1.807) is 18.0 Å². The number of aromatic carboxylic acids is 1. The molecule has 1 aromatic carbocycles. The van der Waals surface area contributed by atoms with Gasteiger partial charge in [-0.05, 0) is 19.9 Å². The van der Waals surface area contributed by atoms with E-state index in [1.807, 2.05) is 37.4 Å². The summed E-state index contributed by atoms with van der Waals surface area (Å²) in [5, 5.41) is 16.3. The monoisotopic (exact) mass is 383 g/mol. The van der Waals surface area contributed by atoms with Crippen LogP contribution in [0.4, 0.5) is 0 Å². The van der Waals surface area contributed by atoms with Gasteiger partial charge >= 0.3 is 5.97 Å². The molecule has 0 atom stereocenters. The third-order valence-electron chi connectivity index (χ3n) is 4.19. The Balaban J connectivity index is 2.02. The first kappa shape index (κ1) is 17.3. The van der Waals surface area contributed by atoms with Crippen molar-refractivity contribution in [1.82, 2.24) is 14.8 Å². The van der Waals surface area contributed by atoms with E-state index in [0.29, 0.717) is 27.9 Å². The van der Waals surface area contributed by atoms with Crippen molar-refractivity contribution in [2.24, 2.45) is 0 Å². The summed E-state index contributed by atoms with van der Waals surface area (Å²) in [7, 11) is 1.61. The lowest BCUT2D eigenvalue weighted by molar-refractivity contribution is 0.0687. The highest BCUT2D eigenvalue weighted by molar-refractivity contribution is 7.12. The van der Waals surface area contributed by atoms with Gasteiger partial charge in [0.05, 0.1) is 18.4 Å². The highest BCUT2D eigenvalue weighted by atomic mass is 32.1. The molecule has 3 heterocycles. The van der Waals surface area contributed by atoms with Crippen LogP contribution < -0.4 is 9.47 Å². The van der Waals surface area contributed by atoms with Crippen LogP contribution in [0.5, 0.6) is 11.5 Å². The average molecular weight is 383 g/mol. The number of rotatable bonds is 4. The van der Waals surface area contributed by atoms with Crippen molar-refractivity contribution in [3.05, 3.63) is 46.1 Å². The zero-order valence-electron chi connectivity index (χ0n) is 15.0. The Hall–Kier alpha value is -3.13. The maximum Gasteiger partial charge on any atom is 0.356 e. The highest BCUT2D eigenvalue weighted by Gasteiger charge is 2.31. The molecule has 0 aliphatic carbocycles. The Morgan fingerprint density at radius 3 is 2.85 bits per heavy atom. The van der Waals surface area contributed by atoms with Crippen molar-refractivity contribution in [1.29, 1.82) is 0 Å². The number of carboxylic acid groups (broad SMARTS) is 1. The Labute approximate surface area is 159 Å². The largest absolute Gasteiger partial charge is 0.496 e. The molecule has 0 saturated heterocycles. The van der Waals surface area contributed by atoms with Crippen LogP contribution in [0.3, 0.4) is 0 Å². The van der Waals surface area contributed by atoms with Crippen molar-refractivity contribution in [2.45, 2.75) is 20.5 Å². The topological polar surface area (TPSA) is 86.5 Å². The Morgan fingerprint density at radius 2 is 2.22 bits per heavy atom. The fraction of sp³-hybridized carbons (Fsp3) is 0.211. The summed E-state index contributed by atoms with van der Waals surface area (Å²) in [5.74, 6) is 0.226. The minimum atomic E-state index is -1.09. The first-order valence-corrected chi connectivity index (χ1v) is 9.12. The van der Waals surface area contributed by atoms with Gasteiger partial charge in [0.15, 0.2) is 5.69 Å². The van der Waals surface area contributed by atoms with Crippen LogP contribution in [0.15, 0.2) is 29.3 Å². The van der Waals surface area contributed by atoms with Gasteiger partial charge in [-0.15, -0.1) is 11.3 Å². The van der Waals surface area contributed by atoms with Gasteiger partial charge < -0.3 is 14.6 Å². The molecule has 1 N–H and O–H groups in total. The standard InChI is InChI=1S/C19H17N3O4S/c1-10(2)6-11-7-12-15(8-14(11)25-3)26-9-13-16(18(23)24)21-22(17(12)13)19-20-4-5-27-19/h4-8H,9H2,1-3H3,(H,23,24). The zero-order chi connectivity index (χ0) is 19.1. The molecule has 0 saturated carbocycles. The maximum absolute atomic E-state index is 11.7. The number of hydrogen-bond donors (Lipinski definition) is 1. The molecule has 0 unspecified atom stereocenters. The summed E-state index contributed by atoms with van der Waals surface area (Å²) >= 11 is 1.39. The number of thiazole rings is 1. The average Bonchev–Trinajstić information content (AvgIpc) is 3.28. The van der Waals surface area contributed by atoms with Gasteiger partial charge in [-0.2, -0.15) is 5.10 Å². The highest BCUT2D eigenvalue weighted by Crippen LogP contribution is 2.44. The normalized spacial score (nSPS) is 12.0. The molecule has 4 rings (SSSR count). The molecule has 138 valence electrons. The van der Waals surface area contributed by atoms with Crippen LogP contribution in [0.1, 0.15) is 35.5 Å². The molecule has 0 radical (unpaired) electrons. The van der Waals surface area contributed by atoms with E-state index >= 15 is 0 Å². The number of aromatic nitrogens is 3. The Kier molecular flexibility index (Phi) is 4.19. The van der Waals surface area contributed by atoms with Gasteiger partial charge in [-0.1, -0.05) is 11.6 Å². The molecular formula is C19H17N3O4S. The number of methoxy groups -OCH3 is 1. The molecule has 27 heavy (non-hydrogen) atoms. The van der Waals surface area contributed by atoms with Crippen molar-refractivity contribution in [2.75, 3.05) is 7.11 Å². The molecule has 1 aliphatic heterocycles. The van der Waals surface area contributed by atoms with Crippen LogP contribution in [-0.2, 0) is 6.61 Å². The third-order valence-corrected chi connectivity index (χ3v) is 4.94. The Bertz CT molecular complexity index is 1060. The van der Waals surface area contributed by atoms with E-state index in [2.05, 4.69) is 10.1 Å². The van der Waals surface area contributed by atoms with Gasteiger partial charge in [-0.3, -0.25) is 0 Å². The predicted octanol–water partition coefficient (Wildman–Crippen LogP) is 4.02. The number of carboxylic acids is 1. The van der Waals surface area contributed by atoms with Crippen LogP contribution in [0.25, 0.3) is 22.5 Å². The molecule has 1 aliphatic rings. The van der Waals surface area contributed by atoms with E-state index in [-0.39, 0.29) is 12.3 Å². The summed E-state index contributed by atoms with van der Waals surface area (Å²) in [6.45, 7) is 4.13. The predicted molar refractivity (Wildman–Crippen MR) is 102 cm³/mol. The summed E-state index contributed by atoms with van der Waals surface area (Å²) in [6.07, 6.45) is 3.67. The minimum Gasteiger partial charge on any atom is -0.496 e. The quantitative estimate of drug-likeness (QED) is 0.732. The van der Waals surface area contributed by atoms with Crippen molar-refractivity contribution < 1.29 is 19.4 Å². The van der Waals surface area contributed by atoms with Crippen molar-refractivity contribution >= 4 is 23.4 Å². The van der Waals surface area contributed by atoms with Crippen molar-refractivity contribution in [3.63, 3.8) is 0 Å². The van der Waals surface area contributed by atoms with E-state index in [4.69, 9.17) is 9.47 Å². The number of fused-ring (bicyclic) bond motifs is 3. The lowest BCUT2D eigenvalue weighted by atomic mass is 9.98. The lowest BCUT2D eigenvalue weighted by Gasteiger charge is -2.21. The number of benzene rings is 1. The third kappa shape index (κ3) is 2.87. The summed E-state index contributed by atoms with van der Waals surface area (Å²) in [5.41, 5.74) is 3.97. The SMILES string of the molecule is COc1cc2c(cc1C=C(C)C)-c1c(c(C(=O)O)nn1-c1nccs1)CO2. The fourth-order valence-corrected chi connectivity index (χ4v) is 3.72. The molecule has 0 spiro atoms. The van der Waals surface area contributed by atoms with E-state index in [0.717, 1.165) is 16.7 Å². The maximum atomic E-state index is 11.7. The first-order chi connectivity index (χ1) is 13.0. The van der Waals surface area contributed by atoms with Crippen LogP contribution >= 0.6 is 11.3 Å². The molecule has 8 heteroatoms. The molecular weight excluding hydrogens is 366 g/mol. The van der Waals surface area contributed by atoms with Crippen LogP contribution in [0.2, 0.25) is 0 Å². The second kappa shape index (κ2) is 6.55. The number of nitrogens with zero attached hydrogens (tertiary/aromatic N) is 3. The van der Waals surface area contributed by atoms with Crippen LogP contribution in [0, 0.1) is 0 Å². The summed E-state index contributed by atoms with van der Waals surface area (Å²) in [4.78, 5) is 16.0. The molecule has 3 aromatic rings. The zero-order valence-corrected chi connectivity index (χ0v) is 15.8. The number of allylic oxidation sites excluding steroid dienone is 1. The summed E-state index contributed by atoms with van der Waals surface area (Å²) < 4.78 is 12.9. The lowest BCUT2D eigenvalue weighted by Crippen LogP contribution is -2.10. The van der Waals surface area contributed by atoms with E-state index < -0.39 is 5.97 Å². The fourth-order valence-electron chi connectivity index (χ4n) is 3.13.